The monoisotopic (exact) mass is 263 g/mol. The molecule has 0 aromatic carbocycles. The van der Waals surface area contributed by atoms with Crippen molar-refractivity contribution in [1.29, 1.82) is 0 Å². The molecule has 6 nitrogen and oxygen atoms in total. The minimum Gasteiger partial charge on any atom is -0.476 e. The van der Waals surface area contributed by atoms with Crippen LogP contribution < -0.4 is 0 Å². The normalized spacial score (nSPS) is 17.7. The van der Waals surface area contributed by atoms with E-state index in [1.165, 1.54) is 0 Å². The van der Waals surface area contributed by atoms with Gasteiger partial charge in [-0.2, -0.15) is 5.10 Å². The van der Waals surface area contributed by atoms with Gasteiger partial charge in [0, 0.05) is 0 Å². The van der Waals surface area contributed by atoms with Crippen molar-refractivity contribution in [2.45, 2.75) is 5.92 Å². The number of hydrogen-bond donors (Lipinski definition) is 2. The van der Waals surface area contributed by atoms with Crippen molar-refractivity contribution >= 4 is 24.7 Å². The molecule has 1 fully saturated rings. The van der Waals surface area contributed by atoms with Gasteiger partial charge in [-0.15, -0.1) is 0 Å². The smallest absolute Gasteiger partial charge is 0.356 e. The Morgan fingerprint density at radius 2 is 2.06 bits per heavy atom. The zero-order valence-corrected chi connectivity index (χ0v) is 9.19. The molecule has 2 heterocycles. The van der Waals surface area contributed by atoms with Crippen molar-refractivity contribution in [2.75, 3.05) is 13.1 Å². The van der Waals surface area contributed by atoms with Gasteiger partial charge in [0.15, 0.2) is 5.69 Å². The van der Waals surface area contributed by atoms with Gasteiger partial charge in [-0.25, -0.2) is 17.7 Å². The van der Waals surface area contributed by atoms with E-state index in [9.17, 15) is 18.4 Å². The average Bonchev–Trinajstić information content (AvgIpc) is 2.55. The quantitative estimate of drug-likeness (QED) is 0.756. The standard InChI is InChI=1S/C8H7F2N3O3S/c9-8(10)2-12(3-8)6(14)4-1-11-13(17)5(4)7(15)16/h1,17H,2-3H2,(H,15,16). The predicted molar refractivity (Wildman–Crippen MR) is 54.4 cm³/mol. The summed E-state index contributed by atoms with van der Waals surface area (Å²) in [7, 11) is 0. The van der Waals surface area contributed by atoms with Crippen LogP contribution in [0.25, 0.3) is 0 Å². The summed E-state index contributed by atoms with van der Waals surface area (Å²) >= 11 is 3.71. The van der Waals surface area contributed by atoms with E-state index in [0.29, 0.717) is 4.09 Å². The third kappa shape index (κ3) is 1.97. The number of carboxylic acid groups (broad SMARTS) is 1. The van der Waals surface area contributed by atoms with E-state index in [2.05, 4.69) is 17.9 Å². The fourth-order valence-corrected chi connectivity index (χ4v) is 1.77. The summed E-state index contributed by atoms with van der Waals surface area (Å²) in [6, 6.07) is 0. The molecule has 1 aliphatic heterocycles. The topological polar surface area (TPSA) is 75.4 Å². The molecule has 1 N–H and O–H groups in total. The number of aromatic carboxylic acids is 1. The minimum absolute atomic E-state index is 0.247. The van der Waals surface area contributed by atoms with E-state index in [1.807, 2.05) is 0 Å². The first-order valence-corrected chi connectivity index (χ1v) is 4.89. The number of alkyl halides is 2. The first kappa shape index (κ1) is 11.8. The molecule has 0 spiro atoms. The molecule has 0 bridgehead atoms. The van der Waals surface area contributed by atoms with Crippen LogP contribution in [0.4, 0.5) is 8.78 Å². The van der Waals surface area contributed by atoms with Crippen LogP contribution in [-0.2, 0) is 0 Å². The lowest BCUT2D eigenvalue weighted by atomic mass is 10.1. The predicted octanol–water partition coefficient (Wildman–Crippen LogP) is 0.365. The van der Waals surface area contributed by atoms with Crippen molar-refractivity contribution in [3.63, 3.8) is 0 Å². The van der Waals surface area contributed by atoms with Gasteiger partial charge in [-0.1, -0.05) is 0 Å². The number of carbonyl (C=O) groups excluding carboxylic acids is 1. The Hall–Kier alpha value is -1.64. The highest BCUT2D eigenvalue weighted by atomic mass is 32.1. The number of rotatable bonds is 2. The van der Waals surface area contributed by atoms with Crippen LogP contribution >= 0.6 is 12.8 Å². The Morgan fingerprint density at radius 3 is 2.53 bits per heavy atom. The number of nitrogens with zero attached hydrogens (tertiary/aromatic N) is 3. The zero-order valence-electron chi connectivity index (χ0n) is 8.30. The second-order valence-electron chi connectivity index (χ2n) is 3.62. The largest absolute Gasteiger partial charge is 0.476 e. The molecular formula is C8H7F2N3O3S. The van der Waals surface area contributed by atoms with Crippen LogP contribution in [0.5, 0.6) is 0 Å². The number of thiol groups is 1. The fraction of sp³-hybridized carbons (Fsp3) is 0.375. The third-order valence-electron chi connectivity index (χ3n) is 2.32. The molecule has 1 amide bonds. The van der Waals surface area contributed by atoms with Crippen molar-refractivity contribution in [3.8, 4) is 0 Å². The van der Waals surface area contributed by atoms with E-state index in [4.69, 9.17) is 5.11 Å². The maximum Gasteiger partial charge on any atom is 0.356 e. The number of amides is 1. The molecule has 0 atom stereocenters. The molecular weight excluding hydrogens is 256 g/mol. The number of carbonyl (C=O) groups is 2. The lowest BCUT2D eigenvalue weighted by Gasteiger charge is -2.38. The number of carboxylic acids is 1. The van der Waals surface area contributed by atoms with Crippen molar-refractivity contribution in [2.24, 2.45) is 0 Å². The maximum absolute atomic E-state index is 12.6. The molecule has 1 aromatic heterocycles. The number of halogens is 2. The summed E-state index contributed by atoms with van der Waals surface area (Å²) in [4.78, 5) is 23.4. The van der Waals surface area contributed by atoms with Crippen LogP contribution in [0.15, 0.2) is 6.20 Å². The first-order valence-electron chi connectivity index (χ1n) is 4.49. The maximum atomic E-state index is 12.6. The molecule has 9 heteroatoms. The lowest BCUT2D eigenvalue weighted by Crippen LogP contribution is -2.58. The van der Waals surface area contributed by atoms with Crippen molar-refractivity contribution in [3.05, 3.63) is 17.5 Å². The highest BCUT2D eigenvalue weighted by Gasteiger charge is 2.47. The van der Waals surface area contributed by atoms with Gasteiger partial charge in [0.05, 0.1) is 24.8 Å². The van der Waals surface area contributed by atoms with E-state index in [1.54, 1.807) is 0 Å². The van der Waals surface area contributed by atoms with E-state index in [-0.39, 0.29) is 5.56 Å². The Balaban J connectivity index is 2.24. The molecule has 17 heavy (non-hydrogen) atoms. The van der Waals surface area contributed by atoms with Gasteiger partial charge in [0.1, 0.15) is 0 Å². The van der Waals surface area contributed by atoms with Crippen LogP contribution in [0.3, 0.4) is 0 Å². The third-order valence-corrected chi connectivity index (χ3v) is 2.62. The Morgan fingerprint density at radius 1 is 1.47 bits per heavy atom. The number of hydrogen-bond acceptors (Lipinski definition) is 4. The van der Waals surface area contributed by atoms with Crippen LogP contribution in [0, 0.1) is 0 Å². The summed E-state index contributed by atoms with van der Waals surface area (Å²) in [5.41, 5.74) is -0.684. The average molecular weight is 263 g/mol. The molecule has 0 unspecified atom stereocenters. The molecule has 0 aliphatic carbocycles. The summed E-state index contributed by atoms with van der Waals surface area (Å²) in [5.74, 6) is -5.07. The van der Waals surface area contributed by atoms with Crippen molar-refractivity contribution < 1.29 is 23.5 Å². The molecule has 92 valence electrons. The number of likely N-dealkylation sites (tertiary alicyclic amines) is 1. The Kier molecular flexibility index (Phi) is 2.57. The molecule has 1 aromatic rings. The first-order chi connectivity index (χ1) is 7.82. The fourth-order valence-electron chi connectivity index (χ4n) is 1.52. The van der Waals surface area contributed by atoms with E-state index in [0.717, 1.165) is 11.1 Å². The SMILES string of the molecule is O=C(O)c1c(C(=O)N2CC(F)(F)C2)cnn1S. The van der Waals surface area contributed by atoms with Crippen LogP contribution in [0.1, 0.15) is 20.8 Å². The molecule has 1 aliphatic rings. The van der Waals surface area contributed by atoms with Gasteiger partial charge in [0.25, 0.3) is 11.8 Å². The molecule has 0 radical (unpaired) electrons. The summed E-state index contributed by atoms with van der Waals surface area (Å²) in [6.45, 7) is -1.41. The van der Waals surface area contributed by atoms with E-state index >= 15 is 0 Å². The summed E-state index contributed by atoms with van der Waals surface area (Å²) < 4.78 is 25.9. The molecule has 0 saturated carbocycles. The summed E-state index contributed by atoms with van der Waals surface area (Å²) in [5, 5.41) is 12.3. The second kappa shape index (κ2) is 3.69. The van der Waals surface area contributed by atoms with Gasteiger partial charge in [0.2, 0.25) is 0 Å². The Bertz CT molecular complexity index is 494. The zero-order chi connectivity index (χ0) is 12.8. The highest BCUT2D eigenvalue weighted by molar-refractivity contribution is 7.78. The Labute approximate surface area is 99.4 Å². The van der Waals surface area contributed by atoms with Gasteiger partial charge in [-0.3, -0.25) is 4.79 Å². The lowest BCUT2D eigenvalue weighted by molar-refractivity contribution is -0.113. The van der Waals surface area contributed by atoms with Crippen molar-refractivity contribution in [1.82, 2.24) is 14.1 Å². The molecule has 2 rings (SSSR count). The van der Waals surface area contributed by atoms with Gasteiger partial charge < -0.3 is 10.0 Å². The van der Waals surface area contributed by atoms with E-state index < -0.39 is 36.6 Å². The van der Waals surface area contributed by atoms with Crippen LogP contribution in [0.2, 0.25) is 0 Å². The van der Waals surface area contributed by atoms with Gasteiger partial charge in [-0.05, 0) is 12.8 Å². The highest BCUT2D eigenvalue weighted by Crippen LogP contribution is 2.28. The van der Waals surface area contributed by atoms with Gasteiger partial charge >= 0.3 is 5.97 Å². The second-order valence-corrected chi connectivity index (χ2v) is 4.00. The molecule has 1 saturated heterocycles. The summed E-state index contributed by atoms with van der Waals surface area (Å²) in [6.07, 6.45) is 0.995. The minimum atomic E-state index is -2.89. The number of aromatic nitrogens is 2. The van der Waals surface area contributed by atoms with Crippen LogP contribution in [-0.4, -0.2) is 50.1 Å².